The minimum atomic E-state index is -1.19. The van der Waals surface area contributed by atoms with E-state index in [4.69, 9.17) is 4.74 Å². The summed E-state index contributed by atoms with van der Waals surface area (Å²) in [6.07, 6.45) is 1.66. The Morgan fingerprint density at radius 1 is 1.06 bits per heavy atom. The lowest BCUT2D eigenvalue weighted by molar-refractivity contribution is -0.140. The summed E-state index contributed by atoms with van der Waals surface area (Å²) in [5.74, 6) is -1.66. The van der Waals surface area contributed by atoms with Gasteiger partial charge in [-0.1, -0.05) is 53.7 Å². The van der Waals surface area contributed by atoms with Crippen LogP contribution in [0.25, 0.3) is 11.1 Å². The van der Waals surface area contributed by atoms with Crippen molar-refractivity contribution >= 4 is 18.0 Å². The van der Waals surface area contributed by atoms with Crippen LogP contribution in [-0.4, -0.2) is 56.8 Å². The fraction of sp³-hybridized carbons (Fsp3) is 0.292. The van der Waals surface area contributed by atoms with Crippen LogP contribution in [0.15, 0.2) is 54.7 Å². The predicted molar refractivity (Wildman–Crippen MR) is 120 cm³/mol. The number of alkyl carbamates (subject to hydrolysis) is 1. The molecule has 0 saturated heterocycles. The van der Waals surface area contributed by atoms with Crippen LogP contribution in [0, 0.1) is 0 Å². The van der Waals surface area contributed by atoms with E-state index >= 15 is 0 Å². The highest BCUT2D eigenvalue weighted by Crippen LogP contribution is 2.44. The Labute approximate surface area is 194 Å². The molecule has 0 radical (unpaired) electrons. The lowest BCUT2D eigenvalue weighted by atomic mass is 9.98. The largest absolute Gasteiger partial charge is 0.480 e. The van der Waals surface area contributed by atoms with Crippen molar-refractivity contribution in [1.29, 1.82) is 0 Å². The molecule has 1 fully saturated rings. The van der Waals surface area contributed by atoms with Gasteiger partial charge in [0.25, 0.3) is 5.91 Å². The van der Waals surface area contributed by atoms with Crippen molar-refractivity contribution in [3.63, 3.8) is 0 Å². The van der Waals surface area contributed by atoms with Crippen LogP contribution in [-0.2, 0) is 16.1 Å². The molecule has 5 rings (SSSR count). The van der Waals surface area contributed by atoms with Gasteiger partial charge in [-0.05, 0) is 35.1 Å². The molecular formula is C24H23N5O5. The first-order chi connectivity index (χ1) is 16.5. The third-order valence-corrected chi connectivity index (χ3v) is 6.24. The zero-order valence-electron chi connectivity index (χ0n) is 18.2. The summed E-state index contributed by atoms with van der Waals surface area (Å²) in [5.41, 5.74) is 3.44. The Kier molecular flexibility index (Phi) is 5.48. The van der Waals surface area contributed by atoms with E-state index in [9.17, 15) is 19.5 Å². The van der Waals surface area contributed by atoms with Gasteiger partial charge in [0, 0.05) is 12.5 Å². The highest BCUT2D eigenvalue weighted by atomic mass is 16.5. The predicted octanol–water partition coefficient (Wildman–Crippen LogP) is 2.16. The molecule has 0 spiro atoms. The van der Waals surface area contributed by atoms with Gasteiger partial charge in [0.1, 0.15) is 12.1 Å². The number of carbonyl (C=O) groups excluding carboxylic acids is 2. The number of ether oxygens (including phenoxy) is 1. The Hall–Kier alpha value is -4.21. The van der Waals surface area contributed by atoms with Gasteiger partial charge in [-0.15, -0.1) is 5.10 Å². The summed E-state index contributed by atoms with van der Waals surface area (Å²) < 4.78 is 6.89. The van der Waals surface area contributed by atoms with Gasteiger partial charge in [-0.2, -0.15) is 0 Å². The van der Waals surface area contributed by atoms with Gasteiger partial charge in [-0.3, -0.25) is 4.79 Å². The van der Waals surface area contributed by atoms with E-state index in [1.165, 1.54) is 10.9 Å². The molecule has 10 heteroatoms. The monoisotopic (exact) mass is 461 g/mol. The van der Waals surface area contributed by atoms with Gasteiger partial charge in [0.2, 0.25) is 0 Å². The molecule has 10 nitrogen and oxygen atoms in total. The number of aliphatic carboxylic acids is 1. The first-order valence-electron chi connectivity index (χ1n) is 11.0. The second-order valence-corrected chi connectivity index (χ2v) is 8.46. The number of carboxylic acids is 1. The number of hydrogen-bond acceptors (Lipinski definition) is 6. The number of fused-ring (bicyclic) bond motifs is 3. The van der Waals surface area contributed by atoms with E-state index < -0.39 is 23.5 Å². The molecule has 3 N–H and O–H groups in total. The first kappa shape index (κ1) is 21.6. The summed E-state index contributed by atoms with van der Waals surface area (Å²) in [6.45, 7) is 0.716. The second kappa shape index (κ2) is 8.62. The number of nitrogens with zero attached hydrogens (tertiary/aromatic N) is 3. The van der Waals surface area contributed by atoms with Gasteiger partial charge >= 0.3 is 12.1 Å². The summed E-state index contributed by atoms with van der Waals surface area (Å²) >= 11 is 0. The molecule has 2 amide bonds. The number of nitrogens with one attached hydrogen (secondary N) is 2. The minimum absolute atomic E-state index is 0.0184. The summed E-state index contributed by atoms with van der Waals surface area (Å²) in [4.78, 5) is 35.7. The van der Waals surface area contributed by atoms with Crippen LogP contribution in [0.1, 0.15) is 40.4 Å². The number of aromatic nitrogens is 3. The molecule has 0 unspecified atom stereocenters. The second-order valence-electron chi connectivity index (χ2n) is 8.46. The molecule has 3 aromatic rings. The van der Waals surface area contributed by atoms with Crippen molar-refractivity contribution in [1.82, 2.24) is 25.6 Å². The number of carboxylic acid groups (broad SMARTS) is 1. The first-order valence-corrected chi connectivity index (χ1v) is 11.0. The lowest BCUT2D eigenvalue weighted by Crippen LogP contribution is -2.43. The number of benzene rings is 2. The average Bonchev–Trinajstić information content (AvgIpc) is 3.35. The van der Waals surface area contributed by atoms with Crippen molar-refractivity contribution < 1.29 is 24.2 Å². The maximum absolute atomic E-state index is 12.3. The van der Waals surface area contributed by atoms with E-state index in [1.807, 2.05) is 24.3 Å². The number of carbonyl (C=O) groups is 3. The maximum Gasteiger partial charge on any atom is 0.407 e. The van der Waals surface area contributed by atoms with Gasteiger partial charge in [-0.25, -0.2) is 14.3 Å². The zero-order valence-corrected chi connectivity index (χ0v) is 18.2. The fourth-order valence-corrected chi connectivity index (χ4v) is 4.23. The standard InChI is InChI=1S/C24H23N5O5/c30-21(26-24(9-10-24)22(31)32)20-13-29(28-27-20)12-11-25-23(33)34-14-19-17-7-3-1-5-15(17)16-6-2-4-8-18(16)19/h1-8,13,19H,9-12,14H2,(H,25,33)(H,26,30)(H,31,32). The van der Waals surface area contributed by atoms with E-state index in [0.717, 1.165) is 22.3 Å². The third-order valence-electron chi connectivity index (χ3n) is 6.24. The van der Waals surface area contributed by atoms with E-state index in [2.05, 4.69) is 45.2 Å². The molecule has 34 heavy (non-hydrogen) atoms. The van der Waals surface area contributed by atoms with Crippen LogP contribution in [0.2, 0.25) is 0 Å². The molecule has 0 atom stereocenters. The van der Waals surface area contributed by atoms with E-state index in [0.29, 0.717) is 12.8 Å². The molecule has 0 bridgehead atoms. The summed E-state index contributed by atoms with van der Waals surface area (Å²) in [6, 6.07) is 16.2. The Balaban J connectivity index is 1.11. The molecule has 1 saturated carbocycles. The van der Waals surface area contributed by atoms with E-state index in [-0.39, 0.29) is 31.3 Å². The normalized spacial score (nSPS) is 15.2. The average molecular weight is 461 g/mol. The maximum atomic E-state index is 12.3. The molecule has 1 aromatic heterocycles. The summed E-state index contributed by atoms with van der Waals surface area (Å²) in [7, 11) is 0. The van der Waals surface area contributed by atoms with Crippen molar-refractivity contribution in [3.05, 3.63) is 71.5 Å². The smallest absolute Gasteiger partial charge is 0.407 e. The number of hydrogen-bond donors (Lipinski definition) is 3. The van der Waals surface area contributed by atoms with Gasteiger partial charge in [0.15, 0.2) is 5.69 Å². The van der Waals surface area contributed by atoms with Crippen LogP contribution in [0.4, 0.5) is 4.79 Å². The van der Waals surface area contributed by atoms with Crippen LogP contribution in [0.5, 0.6) is 0 Å². The minimum Gasteiger partial charge on any atom is -0.480 e. The molecule has 2 aliphatic carbocycles. The van der Waals surface area contributed by atoms with Gasteiger partial charge < -0.3 is 20.5 Å². The molecule has 0 aliphatic heterocycles. The highest BCUT2D eigenvalue weighted by Gasteiger charge is 2.52. The highest BCUT2D eigenvalue weighted by molar-refractivity contribution is 5.97. The Morgan fingerprint density at radius 2 is 1.71 bits per heavy atom. The van der Waals surface area contributed by atoms with Crippen molar-refractivity contribution in [2.24, 2.45) is 0 Å². The fourth-order valence-electron chi connectivity index (χ4n) is 4.23. The molecular weight excluding hydrogens is 438 g/mol. The van der Waals surface area contributed by atoms with Crippen molar-refractivity contribution in [3.8, 4) is 11.1 Å². The van der Waals surface area contributed by atoms with E-state index in [1.54, 1.807) is 0 Å². The molecule has 174 valence electrons. The SMILES string of the molecule is O=C(NCCn1cc(C(=O)NC2(C(=O)O)CC2)nn1)OCC1c2ccccc2-c2ccccc21. The zero-order chi connectivity index (χ0) is 23.7. The molecule has 2 aromatic carbocycles. The quantitative estimate of drug-likeness (QED) is 0.468. The third kappa shape index (κ3) is 4.09. The number of rotatable bonds is 8. The number of amides is 2. The Bertz CT molecular complexity index is 1220. The van der Waals surface area contributed by atoms with Crippen LogP contribution in [0.3, 0.4) is 0 Å². The van der Waals surface area contributed by atoms with Crippen LogP contribution >= 0.6 is 0 Å². The van der Waals surface area contributed by atoms with Crippen molar-refractivity contribution in [2.45, 2.75) is 30.8 Å². The van der Waals surface area contributed by atoms with Gasteiger partial charge in [0.05, 0.1) is 12.7 Å². The lowest BCUT2D eigenvalue weighted by Gasteiger charge is -2.14. The summed E-state index contributed by atoms with van der Waals surface area (Å²) in [5, 5.41) is 22.0. The molecule has 1 heterocycles. The Morgan fingerprint density at radius 3 is 2.32 bits per heavy atom. The van der Waals surface area contributed by atoms with Crippen LogP contribution < -0.4 is 10.6 Å². The van der Waals surface area contributed by atoms with Crippen molar-refractivity contribution in [2.75, 3.05) is 13.2 Å². The molecule has 2 aliphatic rings. The topological polar surface area (TPSA) is 135 Å².